The Morgan fingerprint density at radius 3 is 2.16 bits per heavy atom. The summed E-state index contributed by atoms with van der Waals surface area (Å²) in [5.74, 6) is 0.876. The molecule has 362 valence electrons. The number of aromatic amines is 1. The highest BCUT2D eigenvalue weighted by Crippen LogP contribution is 2.66. The number of ether oxygens (including phenoxy) is 1. The van der Waals surface area contributed by atoms with Crippen LogP contribution in [0.3, 0.4) is 0 Å². The summed E-state index contributed by atoms with van der Waals surface area (Å²) in [6, 6.07) is 0.286. The predicted molar refractivity (Wildman–Crippen MR) is 227 cm³/mol. The molecule has 3 aliphatic heterocycles. The fraction of sp³-hybridized carbons (Fsp3) is 0.714. The normalized spacial score (nSPS) is 25.0. The van der Waals surface area contributed by atoms with Crippen LogP contribution >= 0.6 is 35.2 Å². The van der Waals surface area contributed by atoms with Gasteiger partial charge in [-0.1, -0.05) is 37.8 Å². The molecule has 3 saturated heterocycles. The first-order valence-electron chi connectivity index (χ1n) is 20.7. The van der Waals surface area contributed by atoms with Crippen molar-refractivity contribution < 1.29 is 80.5 Å². The number of Topliss-reactive ketones (excluding diaryl/α,β-unsaturated/α-hetero) is 1. The van der Waals surface area contributed by atoms with E-state index in [0.717, 1.165) is 63.3 Å². The van der Waals surface area contributed by atoms with Gasteiger partial charge in [0.15, 0.2) is 6.23 Å². The molecule has 0 aromatic carbocycles. The number of phosphoric acid groups is 3. The van der Waals surface area contributed by atoms with E-state index >= 15 is 0 Å². The second-order valence-electron chi connectivity index (χ2n) is 15.4. The van der Waals surface area contributed by atoms with Crippen molar-refractivity contribution >= 4 is 64.9 Å². The highest BCUT2D eigenvalue weighted by atomic mass is 32.2. The Kier molecular flexibility index (Phi) is 21.1. The molecule has 3 fully saturated rings. The second kappa shape index (κ2) is 25.2. The molecule has 0 saturated carbocycles. The molecule has 0 radical (unpaired) electrons. The Bertz CT molecular complexity index is 2070. The first-order valence-corrected chi connectivity index (χ1v) is 26.3. The Morgan fingerprint density at radius 2 is 1.47 bits per heavy atom. The average Bonchev–Trinajstić information content (AvgIpc) is 3.84. The number of rotatable bonds is 29. The van der Waals surface area contributed by atoms with Gasteiger partial charge >= 0.3 is 35.2 Å². The molecular formula is C35H57N6O19P3S. The number of nitrogens with zero attached hydrogens (tertiary/aromatic N) is 1. The molecule has 4 rings (SSSR count). The molecule has 3 unspecified atom stereocenters. The third-order valence-electron chi connectivity index (χ3n) is 10.3. The highest BCUT2D eigenvalue weighted by Gasteiger charge is 2.47. The van der Waals surface area contributed by atoms with Crippen LogP contribution in [0.15, 0.2) is 21.9 Å². The van der Waals surface area contributed by atoms with Crippen LogP contribution in [0.5, 0.6) is 0 Å². The number of nitrogens with one attached hydrogen (secondary N) is 5. The number of unbranched alkanes of at least 4 members (excludes halogenated alkanes) is 6. The van der Waals surface area contributed by atoms with Crippen LogP contribution in [0, 0.1) is 0 Å². The number of H-pyrrole nitrogens is 1. The van der Waals surface area contributed by atoms with Gasteiger partial charge in [-0.3, -0.25) is 33.3 Å². The fourth-order valence-electron chi connectivity index (χ4n) is 7.12. The van der Waals surface area contributed by atoms with E-state index in [1.807, 2.05) is 16.7 Å². The number of aromatic nitrogens is 2. The minimum atomic E-state index is -5.83. The van der Waals surface area contributed by atoms with Crippen molar-refractivity contribution in [2.45, 2.75) is 132 Å². The third kappa shape index (κ3) is 18.3. The quantitative estimate of drug-likeness (QED) is 0.0302. The zero-order valence-electron chi connectivity index (χ0n) is 34.7. The van der Waals surface area contributed by atoms with Crippen LogP contribution in [0.4, 0.5) is 4.79 Å². The summed E-state index contributed by atoms with van der Waals surface area (Å²) >= 11 is 1.87. The summed E-state index contributed by atoms with van der Waals surface area (Å²) in [4.78, 5) is 111. The topological polar surface area (TPSA) is 381 Å². The zero-order chi connectivity index (χ0) is 47.1. The van der Waals surface area contributed by atoms with Crippen LogP contribution in [0.25, 0.3) is 6.08 Å². The second-order valence-corrected chi connectivity index (χ2v) is 21.1. The number of thioether (sulfide) groups is 1. The van der Waals surface area contributed by atoms with Gasteiger partial charge in [0.2, 0.25) is 11.8 Å². The van der Waals surface area contributed by atoms with E-state index in [1.165, 1.54) is 12.2 Å². The van der Waals surface area contributed by atoms with Crippen molar-refractivity contribution in [1.29, 1.82) is 0 Å². The molecule has 9 atom stereocenters. The SMILES string of the molecule is O=C(CCCCCCC(=O)NC/C=C/c1cn([C@@H]2O[C@H](COP(=O)(O)OP(=O)(O)OP(=O)(O)O)[C@H](O)C2O)c(=O)[nH]c1=O)CCCCCNC(=O)CCCC[C@H]1SC[C@H]2NC(=O)N[C@H]21. The minimum absolute atomic E-state index is 0.00466. The lowest BCUT2D eigenvalue weighted by atomic mass is 10.0. The molecule has 11 N–H and O–H groups in total. The van der Waals surface area contributed by atoms with Crippen molar-refractivity contribution in [3.8, 4) is 0 Å². The molecule has 0 spiro atoms. The Labute approximate surface area is 371 Å². The third-order valence-corrected chi connectivity index (χ3v) is 15.6. The lowest BCUT2D eigenvalue weighted by Gasteiger charge is -2.19. The molecule has 4 amide bonds. The van der Waals surface area contributed by atoms with Crippen molar-refractivity contribution in [3.05, 3.63) is 38.7 Å². The van der Waals surface area contributed by atoms with Crippen molar-refractivity contribution in [2.24, 2.45) is 0 Å². The van der Waals surface area contributed by atoms with Gasteiger partial charge in [0.1, 0.15) is 24.1 Å². The van der Waals surface area contributed by atoms with Crippen molar-refractivity contribution in [1.82, 2.24) is 30.8 Å². The van der Waals surface area contributed by atoms with E-state index in [4.69, 9.17) is 14.5 Å². The number of carbonyl (C=O) groups is 4. The Balaban J connectivity index is 1.03. The largest absolute Gasteiger partial charge is 0.490 e. The molecule has 29 heteroatoms. The van der Waals surface area contributed by atoms with Gasteiger partial charge in [0, 0.05) is 56.0 Å². The van der Waals surface area contributed by atoms with E-state index < -0.39 is 65.9 Å². The standard InChI is InChI=1S/C35H57N6O19P3S/c42-23(13-5-3-9-17-36-28(44)16-8-7-14-26-29-24(21-64-26)38-34(48)39-29)12-4-1-2-6-15-27(43)37-18-10-11-22-19-41(35(49)40-32(22)47)33-31(46)30(45)25(58-33)20-57-62(53,54)60-63(55,56)59-61(50,51)52/h10-11,19,24-26,29-31,33,45-46H,1-9,12-18,20-21H2,(H,36,44)(H,37,43)(H,53,54)(H,55,56)(H2,38,39,48)(H,40,47,49)(H2,50,51,52)/b11-10+/t24-,25-,26-,29-,30+,31?,33-/m1/s1. The monoisotopic (exact) mass is 990 g/mol. The van der Waals surface area contributed by atoms with Crippen LogP contribution < -0.4 is 32.5 Å². The number of hydrogen-bond donors (Lipinski definition) is 11. The lowest BCUT2D eigenvalue weighted by molar-refractivity contribution is -0.121. The van der Waals surface area contributed by atoms with Gasteiger partial charge in [-0.15, -0.1) is 0 Å². The molecule has 0 aliphatic carbocycles. The van der Waals surface area contributed by atoms with Gasteiger partial charge in [-0.05, 0) is 38.5 Å². The predicted octanol–water partition coefficient (Wildman–Crippen LogP) is 0.941. The first-order chi connectivity index (χ1) is 30.1. The number of urea groups is 1. The van der Waals surface area contributed by atoms with Crippen LogP contribution in [-0.2, 0) is 46.0 Å². The summed E-state index contributed by atoms with van der Waals surface area (Å²) < 4.78 is 52.1. The van der Waals surface area contributed by atoms with Gasteiger partial charge < -0.3 is 55.8 Å². The van der Waals surface area contributed by atoms with E-state index in [-0.39, 0.29) is 54.2 Å². The molecule has 1 aromatic rings. The number of phosphoric ester groups is 1. The summed E-state index contributed by atoms with van der Waals surface area (Å²) in [6.45, 7) is -0.539. The van der Waals surface area contributed by atoms with E-state index in [9.17, 15) is 62.5 Å². The van der Waals surface area contributed by atoms with E-state index in [1.54, 1.807) is 0 Å². The first kappa shape index (κ1) is 53.6. The van der Waals surface area contributed by atoms with Crippen LogP contribution in [0.2, 0.25) is 0 Å². The number of aliphatic hydroxyl groups is 2. The smallest absolute Gasteiger partial charge is 0.387 e. The Morgan fingerprint density at radius 1 is 0.828 bits per heavy atom. The fourth-order valence-corrected chi connectivity index (χ4v) is 11.7. The maximum Gasteiger partial charge on any atom is 0.490 e. The molecule has 25 nitrogen and oxygen atoms in total. The maximum absolute atomic E-state index is 12.6. The number of hydrogen-bond acceptors (Lipinski definition) is 16. The Hall–Kier alpha value is -3.06. The number of fused-ring (bicyclic) bond motifs is 1. The number of amides is 4. The number of aliphatic hydroxyl groups excluding tert-OH is 2. The molecule has 4 heterocycles. The minimum Gasteiger partial charge on any atom is -0.387 e. The lowest BCUT2D eigenvalue weighted by Crippen LogP contribution is -2.38. The number of carbonyl (C=O) groups excluding carboxylic acids is 4. The van der Waals surface area contributed by atoms with Gasteiger partial charge in [0.25, 0.3) is 5.56 Å². The zero-order valence-corrected chi connectivity index (χ0v) is 38.2. The van der Waals surface area contributed by atoms with Crippen molar-refractivity contribution in [2.75, 3.05) is 25.4 Å². The highest BCUT2D eigenvalue weighted by molar-refractivity contribution is 8.00. The molecule has 3 aliphatic rings. The molecule has 1 aromatic heterocycles. The summed E-state index contributed by atoms with van der Waals surface area (Å²) in [5.41, 5.74) is -2.07. The molecule has 0 bridgehead atoms. The van der Waals surface area contributed by atoms with E-state index in [0.29, 0.717) is 48.5 Å². The van der Waals surface area contributed by atoms with Crippen LogP contribution in [-0.4, -0.2) is 124 Å². The van der Waals surface area contributed by atoms with Crippen molar-refractivity contribution in [3.63, 3.8) is 0 Å². The summed E-state index contributed by atoms with van der Waals surface area (Å²) in [6.07, 6.45) is 6.07. The van der Waals surface area contributed by atoms with E-state index in [2.05, 4.69) is 34.4 Å². The van der Waals surface area contributed by atoms with Gasteiger partial charge in [0.05, 0.1) is 24.3 Å². The molecular weight excluding hydrogens is 933 g/mol. The summed E-state index contributed by atoms with van der Waals surface area (Å²) in [5, 5.41) is 32.8. The summed E-state index contributed by atoms with van der Waals surface area (Å²) in [7, 11) is -17.1. The van der Waals surface area contributed by atoms with Gasteiger partial charge in [-0.25, -0.2) is 23.3 Å². The van der Waals surface area contributed by atoms with Gasteiger partial charge in [-0.2, -0.15) is 20.4 Å². The molecule has 64 heavy (non-hydrogen) atoms. The number of ketones is 1. The average molecular weight is 991 g/mol. The maximum atomic E-state index is 12.6. The van der Waals surface area contributed by atoms with Crippen LogP contribution in [0.1, 0.15) is 102 Å².